The van der Waals surface area contributed by atoms with Crippen molar-refractivity contribution < 1.29 is 9.59 Å². The van der Waals surface area contributed by atoms with Crippen LogP contribution in [0.5, 0.6) is 0 Å². The van der Waals surface area contributed by atoms with Gasteiger partial charge in [-0.3, -0.25) is 9.59 Å². The molecular weight excluding hydrogens is 164 g/mol. The molecule has 0 saturated heterocycles. The van der Waals surface area contributed by atoms with E-state index in [0.717, 1.165) is 17.4 Å². The summed E-state index contributed by atoms with van der Waals surface area (Å²) in [5, 5.41) is 0. The highest BCUT2D eigenvalue weighted by atomic mass is 16.1. The number of aldehydes is 1. The molecule has 0 radical (unpaired) electrons. The van der Waals surface area contributed by atoms with Crippen LogP contribution in [0.25, 0.3) is 0 Å². The number of rotatable bonds is 3. The van der Waals surface area contributed by atoms with Gasteiger partial charge in [0.15, 0.2) is 0 Å². The van der Waals surface area contributed by atoms with Crippen molar-refractivity contribution in [3.63, 3.8) is 0 Å². The maximum absolute atomic E-state index is 10.9. The molecule has 0 aliphatic carbocycles. The fraction of sp³-hybridized carbons (Fsp3) is 0.273. The van der Waals surface area contributed by atoms with Crippen LogP contribution in [0.3, 0.4) is 0 Å². The Labute approximate surface area is 77.6 Å². The molecule has 1 rings (SSSR count). The van der Waals surface area contributed by atoms with Gasteiger partial charge in [0.1, 0.15) is 12.1 Å². The van der Waals surface area contributed by atoms with E-state index in [1.165, 1.54) is 0 Å². The van der Waals surface area contributed by atoms with Crippen LogP contribution in [0.1, 0.15) is 28.4 Å². The highest BCUT2D eigenvalue weighted by molar-refractivity contribution is 5.81. The summed E-state index contributed by atoms with van der Waals surface area (Å²) < 4.78 is 0. The highest BCUT2D eigenvalue weighted by Gasteiger charge is 2.04. The number of Topliss-reactive ketones (excluding diaryl/α,β-unsaturated/α-hetero) is 1. The Balaban J connectivity index is 3.07. The van der Waals surface area contributed by atoms with Crippen molar-refractivity contribution in [3.8, 4) is 0 Å². The van der Waals surface area contributed by atoms with Gasteiger partial charge in [-0.15, -0.1) is 0 Å². The minimum absolute atomic E-state index is 0.117. The minimum atomic E-state index is 0.117. The van der Waals surface area contributed by atoms with Crippen LogP contribution in [-0.4, -0.2) is 12.1 Å². The van der Waals surface area contributed by atoms with E-state index in [2.05, 4.69) is 0 Å². The maximum atomic E-state index is 10.9. The molecule has 0 bridgehead atoms. The fourth-order valence-corrected chi connectivity index (χ4v) is 1.29. The molecule has 2 heteroatoms. The Morgan fingerprint density at radius 1 is 1.46 bits per heavy atom. The Kier molecular flexibility index (Phi) is 2.96. The Bertz CT molecular complexity index is 340. The van der Waals surface area contributed by atoms with Crippen molar-refractivity contribution in [3.05, 3.63) is 34.9 Å². The molecule has 0 aromatic heterocycles. The van der Waals surface area contributed by atoms with Crippen LogP contribution < -0.4 is 0 Å². The minimum Gasteiger partial charge on any atom is -0.300 e. The lowest BCUT2D eigenvalue weighted by molar-refractivity contribution is -0.116. The van der Waals surface area contributed by atoms with E-state index in [4.69, 9.17) is 0 Å². The molecule has 1 aromatic carbocycles. The highest BCUT2D eigenvalue weighted by Crippen LogP contribution is 2.12. The predicted molar refractivity (Wildman–Crippen MR) is 51.0 cm³/mol. The van der Waals surface area contributed by atoms with Crippen molar-refractivity contribution in [1.29, 1.82) is 0 Å². The van der Waals surface area contributed by atoms with Gasteiger partial charge in [0.25, 0.3) is 0 Å². The Morgan fingerprint density at radius 3 is 2.69 bits per heavy atom. The summed E-state index contributed by atoms with van der Waals surface area (Å²) in [5.74, 6) is 0.117. The van der Waals surface area contributed by atoms with E-state index in [9.17, 15) is 9.59 Å². The average Bonchev–Trinajstić information content (AvgIpc) is 2.08. The van der Waals surface area contributed by atoms with Crippen LogP contribution in [0.15, 0.2) is 18.2 Å². The van der Waals surface area contributed by atoms with Gasteiger partial charge >= 0.3 is 0 Å². The molecule has 13 heavy (non-hydrogen) atoms. The average molecular weight is 176 g/mol. The molecule has 0 atom stereocenters. The molecule has 0 aliphatic heterocycles. The van der Waals surface area contributed by atoms with Crippen LogP contribution in [0, 0.1) is 6.92 Å². The van der Waals surface area contributed by atoms with Gasteiger partial charge in [-0.05, 0) is 25.0 Å². The van der Waals surface area contributed by atoms with Crippen molar-refractivity contribution in [2.45, 2.75) is 20.3 Å². The van der Waals surface area contributed by atoms with Crippen LogP contribution >= 0.6 is 0 Å². The van der Waals surface area contributed by atoms with Gasteiger partial charge in [0.2, 0.25) is 0 Å². The summed E-state index contributed by atoms with van der Waals surface area (Å²) in [5.41, 5.74) is 2.52. The third-order valence-electron chi connectivity index (χ3n) is 2.05. The summed E-state index contributed by atoms with van der Waals surface area (Å²) in [6, 6.07) is 5.44. The first-order valence-corrected chi connectivity index (χ1v) is 4.18. The second-order valence-electron chi connectivity index (χ2n) is 3.13. The van der Waals surface area contributed by atoms with Gasteiger partial charge in [-0.1, -0.05) is 18.2 Å². The molecule has 1 aromatic rings. The summed E-state index contributed by atoms with van der Waals surface area (Å²) in [6.07, 6.45) is 1.23. The maximum Gasteiger partial charge on any atom is 0.150 e. The second kappa shape index (κ2) is 3.99. The van der Waals surface area contributed by atoms with E-state index in [1.807, 2.05) is 13.0 Å². The molecule has 0 aliphatic rings. The normalized spacial score (nSPS) is 9.69. The van der Waals surface area contributed by atoms with Gasteiger partial charge in [0.05, 0.1) is 0 Å². The zero-order valence-corrected chi connectivity index (χ0v) is 7.83. The van der Waals surface area contributed by atoms with E-state index >= 15 is 0 Å². The summed E-state index contributed by atoms with van der Waals surface area (Å²) in [6.45, 7) is 3.41. The van der Waals surface area contributed by atoms with Crippen LogP contribution in [-0.2, 0) is 11.2 Å². The number of carbonyl (C=O) groups excluding carboxylic acids is 2. The first-order chi connectivity index (χ1) is 6.15. The molecular formula is C11H12O2. The van der Waals surface area contributed by atoms with Crippen molar-refractivity contribution >= 4 is 12.1 Å². The molecule has 0 saturated carbocycles. The summed E-state index contributed by atoms with van der Waals surface area (Å²) in [4.78, 5) is 21.5. The first-order valence-electron chi connectivity index (χ1n) is 4.18. The summed E-state index contributed by atoms with van der Waals surface area (Å²) >= 11 is 0. The van der Waals surface area contributed by atoms with Gasteiger partial charge in [0, 0.05) is 12.0 Å². The second-order valence-corrected chi connectivity index (χ2v) is 3.13. The molecule has 68 valence electrons. The largest absolute Gasteiger partial charge is 0.300 e. The standard InChI is InChI=1S/C11H12O2/c1-8(13)6-10-4-3-5-11(7-12)9(10)2/h3-5,7H,6H2,1-2H3. The molecule has 0 unspecified atom stereocenters. The molecule has 0 N–H and O–H groups in total. The van der Waals surface area contributed by atoms with Crippen molar-refractivity contribution in [2.75, 3.05) is 0 Å². The fourth-order valence-electron chi connectivity index (χ4n) is 1.29. The Hall–Kier alpha value is -1.44. The van der Waals surface area contributed by atoms with E-state index in [1.54, 1.807) is 19.1 Å². The third kappa shape index (κ3) is 2.25. The smallest absolute Gasteiger partial charge is 0.150 e. The van der Waals surface area contributed by atoms with Crippen LogP contribution in [0.2, 0.25) is 0 Å². The zero-order chi connectivity index (χ0) is 9.84. The quantitative estimate of drug-likeness (QED) is 0.659. The lowest BCUT2D eigenvalue weighted by Gasteiger charge is -2.04. The number of carbonyl (C=O) groups is 2. The first kappa shape index (κ1) is 9.65. The zero-order valence-electron chi connectivity index (χ0n) is 7.83. The summed E-state index contributed by atoms with van der Waals surface area (Å²) in [7, 11) is 0. The predicted octanol–water partition coefficient (Wildman–Crippen LogP) is 1.94. The topological polar surface area (TPSA) is 34.1 Å². The number of benzene rings is 1. The number of ketones is 1. The third-order valence-corrected chi connectivity index (χ3v) is 2.05. The molecule has 0 amide bonds. The number of hydrogen-bond donors (Lipinski definition) is 0. The molecule has 0 fully saturated rings. The molecule has 0 heterocycles. The monoisotopic (exact) mass is 176 g/mol. The number of hydrogen-bond acceptors (Lipinski definition) is 2. The SMILES string of the molecule is CC(=O)Cc1cccc(C=O)c1C. The van der Waals surface area contributed by atoms with Gasteiger partial charge < -0.3 is 0 Å². The molecule has 2 nitrogen and oxygen atoms in total. The van der Waals surface area contributed by atoms with E-state index < -0.39 is 0 Å². The van der Waals surface area contributed by atoms with E-state index in [0.29, 0.717) is 12.0 Å². The van der Waals surface area contributed by atoms with E-state index in [-0.39, 0.29) is 5.78 Å². The van der Waals surface area contributed by atoms with Gasteiger partial charge in [-0.25, -0.2) is 0 Å². The lowest BCUT2D eigenvalue weighted by Crippen LogP contribution is -2.00. The van der Waals surface area contributed by atoms with Crippen molar-refractivity contribution in [2.24, 2.45) is 0 Å². The Morgan fingerprint density at radius 2 is 2.15 bits per heavy atom. The van der Waals surface area contributed by atoms with Crippen molar-refractivity contribution in [1.82, 2.24) is 0 Å². The van der Waals surface area contributed by atoms with Gasteiger partial charge in [-0.2, -0.15) is 0 Å². The lowest BCUT2D eigenvalue weighted by atomic mass is 9.99. The van der Waals surface area contributed by atoms with Crippen LogP contribution in [0.4, 0.5) is 0 Å². The molecule has 0 spiro atoms.